The first-order valence-electron chi connectivity index (χ1n) is 17.7. The SMILES string of the molecule is CO[C@@H](C)c1ncccc1-c1c(CC(C)(C)CCC(C)(C)[Si](O)(c2ccccc2)c2ccccc2)c2cc(-c3coc(I)n3)ccc2n1CC(F)(F)F. The zero-order valence-electron chi connectivity index (χ0n) is 30.8. The van der Waals surface area contributed by atoms with Crippen molar-refractivity contribution in [3.63, 3.8) is 0 Å². The van der Waals surface area contributed by atoms with Crippen LogP contribution in [0.4, 0.5) is 13.2 Å². The molecule has 3 heterocycles. The van der Waals surface area contributed by atoms with Crippen molar-refractivity contribution in [1.29, 1.82) is 0 Å². The van der Waals surface area contributed by atoms with Crippen molar-refractivity contribution in [2.24, 2.45) is 5.41 Å². The zero-order chi connectivity index (χ0) is 38.2. The summed E-state index contributed by atoms with van der Waals surface area (Å²) in [4.78, 5) is 22.0. The summed E-state index contributed by atoms with van der Waals surface area (Å²) in [5, 5.41) is 2.10. The second-order valence-electron chi connectivity index (χ2n) is 15.2. The number of halogens is 4. The van der Waals surface area contributed by atoms with Crippen LogP contribution in [0.5, 0.6) is 0 Å². The second-order valence-corrected chi connectivity index (χ2v) is 20.1. The van der Waals surface area contributed by atoms with Crippen molar-refractivity contribution in [1.82, 2.24) is 14.5 Å². The molecule has 0 fully saturated rings. The molecule has 1 N–H and O–H groups in total. The lowest BCUT2D eigenvalue weighted by Gasteiger charge is -2.43. The molecule has 0 spiro atoms. The molecule has 11 heteroatoms. The molecule has 0 bridgehead atoms. The number of aromatic nitrogens is 3. The maximum atomic E-state index is 14.5. The van der Waals surface area contributed by atoms with Gasteiger partial charge in [-0.25, -0.2) is 4.98 Å². The Bertz CT molecular complexity index is 2140. The van der Waals surface area contributed by atoms with Gasteiger partial charge in [0.2, 0.25) is 0 Å². The molecule has 6 aromatic rings. The Morgan fingerprint density at radius 3 is 2.11 bits per heavy atom. The van der Waals surface area contributed by atoms with Gasteiger partial charge in [-0.05, 0) is 76.8 Å². The van der Waals surface area contributed by atoms with Crippen molar-refractivity contribution in [2.75, 3.05) is 7.11 Å². The van der Waals surface area contributed by atoms with Crippen LogP contribution in [0, 0.1) is 9.31 Å². The number of ether oxygens (including phenoxy) is 1. The molecular weight excluding hydrogens is 806 g/mol. The lowest BCUT2D eigenvalue weighted by molar-refractivity contribution is -0.139. The van der Waals surface area contributed by atoms with Crippen molar-refractivity contribution in [3.8, 4) is 22.5 Å². The average molecular weight is 852 g/mol. The number of methoxy groups -OCH3 is 1. The van der Waals surface area contributed by atoms with Gasteiger partial charge in [-0.2, -0.15) is 13.2 Å². The number of hydrogen-bond donors (Lipinski definition) is 1. The fraction of sp³-hybridized carbons (Fsp3) is 0.333. The third-order valence-electron chi connectivity index (χ3n) is 10.6. The smallest absolute Gasteiger partial charge is 0.406 e. The maximum Gasteiger partial charge on any atom is 0.406 e. The summed E-state index contributed by atoms with van der Waals surface area (Å²) in [6.45, 7) is 9.30. The number of rotatable bonds is 13. The van der Waals surface area contributed by atoms with E-state index in [-0.39, 0.29) is 0 Å². The predicted molar refractivity (Wildman–Crippen MR) is 216 cm³/mol. The molecule has 6 rings (SSSR count). The van der Waals surface area contributed by atoms with E-state index in [0.29, 0.717) is 56.7 Å². The summed E-state index contributed by atoms with van der Waals surface area (Å²) in [6, 6.07) is 29.0. The Balaban J connectivity index is 1.49. The van der Waals surface area contributed by atoms with Gasteiger partial charge >= 0.3 is 6.18 Å². The van der Waals surface area contributed by atoms with Crippen LogP contribution in [-0.4, -0.2) is 40.9 Å². The van der Waals surface area contributed by atoms with Gasteiger partial charge < -0.3 is 18.5 Å². The molecule has 1 atom stereocenters. The van der Waals surface area contributed by atoms with Gasteiger partial charge in [0.15, 0.2) is 0 Å². The molecule has 0 saturated carbocycles. The number of hydrogen-bond acceptors (Lipinski definition) is 5. The van der Waals surface area contributed by atoms with E-state index in [1.54, 1.807) is 37.8 Å². The predicted octanol–water partition coefficient (Wildman–Crippen LogP) is 10.1. The highest BCUT2D eigenvalue weighted by Gasteiger charge is 2.50. The highest BCUT2D eigenvalue weighted by Crippen LogP contribution is 2.47. The minimum atomic E-state index is -4.49. The number of alkyl halides is 3. The molecule has 278 valence electrons. The van der Waals surface area contributed by atoms with Gasteiger partial charge in [0.25, 0.3) is 12.2 Å². The van der Waals surface area contributed by atoms with Crippen molar-refractivity contribution in [2.45, 2.75) is 77.7 Å². The Morgan fingerprint density at radius 2 is 1.55 bits per heavy atom. The van der Waals surface area contributed by atoms with Crippen LogP contribution in [0.1, 0.15) is 64.8 Å². The third-order valence-corrected chi connectivity index (χ3v) is 15.6. The molecule has 0 unspecified atom stereocenters. The molecule has 3 aromatic heterocycles. The van der Waals surface area contributed by atoms with Crippen molar-refractivity contribution >= 4 is 52.2 Å². The number of fused-ring (bicyclic) bond motifs is 1. The quantitative estimate of drug-likeness (QED) is 0.0926. The lowest BCUT2D eigenvalue weighted by Crippen LogP contribution is -2.65. The normalized spacial score (nSPS) is 13.5. The highest BCUT2D eigenvalue weighted by molar-refractivity contribution is 14.1. The van der Waals surface area contributed by atoms with Gasteiger partial charge in [0.1, 0.15) is 18.5 Å². The Labute approximate surface area is 323 Å². The van der Waals surface area contributed by atoms with E-state index in [2.05, 4.69) is 37.7 Å². The first-order chi connectivity index (χ1) is 25.0. The summed E-state index contributed by atoms with van der Waals surface area (Å²) in [5.74, 6) is 0. The molecule has 0 aliphatic heterocycles. The van der Waals surface area contributed by atoms with Gasteiger partial charge in [-0.15, -0.1) is 0 Å². The van der Waals surface area contributed by atoms with Gasteiger partial charge in [-0.3, -0.25) is 4.98 Å². The Hall–Kier alpha value is -3.78. The number of pyridine rings is 1. The van der Waals surface area contributed by atoms with Crippen LogP contribution in [0.3, 0.4) is 0 Å². The number of nitrogens with zero attached hydrogens (tertiary/aromatic N) is 3. The van der Waals surface area contributed by atoms with Crippen LogP contribution >= 0.6 is 22.6 Å². The molecule has 0 amide bonds. The van der Waals surface area contributed by atoms with Gasteiger partial charge in [0, 0.05) is 57.9 Å². The summed E-state index contributed by atoms with van der Waals surface area (Å²) < 4.78 is 56.6. The molecule has 0 saturated heterocycles. The standard InChI is InChI=1S/C42H45F3IN3O3Si/c1-28(51-6)37-32(18-13-23-47-37)38-34(33-24-29(35-26-52-39(46)48-35)19-20-36(33)49(38)27-42(43,44)45)25-40(2,3)21-22-41(4,5)53(50,30-14-9-7-10-15-30)31-16-11-8-12-17-31/h7-20,23-24,26,28,50H,21-22,25,27H2,1-6H3/t28-/m0/s1. The topological polar surface area (TPSA) is 73.3 Å². The summed E-state index contributed by atoms with van der Waals surface area (Å²) in [5.41, 5.74) is 3.86. The summed E-state index contributed by atoms with van der Waals surface area (Å²) >= 11 is 2.00. The molecule has 3 aromatic carbocycles. The fourth-order valence-corrected chi connectivity index (χ4v) is 11.7. The average Bonchev–Trinajstić information content (AvgIpc) is 3.70. The lowest BCUT2D eigenvalue weighted by atomic mass is 9.78. The minimum absolute atomic E-state index is 0.402. The van der Waals surface area contributed by atoms with E-state index >= 15 is 0 Å². The molecule has 6 nitrogen and oxygen atoms in total. The molecule has 0 radical (unpaired) electrons. The van der Waals surface area contributed by atoms with Crippen molar-refractivity contribution in [3.05, 3.63) is 119 Å². The molecule has 0 aliphatic rings. The minimum Gasteiger partial charge on any atom is -0.440 e. The van der Waals surface area contributed by atoms with Crippen LogP contribution in [0.2, 0.25) is 5.04 Å². The Kier molecular flexibility index (Phi) is 11.1. The second kappa shape index (κ2) is 15.2. The fourth-order valence-electron chi connectivity index (χ4n) is 7.56. The highest BCUT2D eigenvalue weighted by atomic mass is 127. The maximum absolute atomic E-state index is 14.5. The van der Waals surface area contributed by atoms with Gasteiger partial charge in [-0.1, -0.05) is 94.4 Å². The summed E-state index contributed by atoms with van der Waals surface area (Å²) in [6.07, 6.45) is 0.110. The van der Waals surface area contributed by atoms with E-state index in [1.807, 2.05) is 102 Å². The number of oxazole rings is 1. The van der Waals surface area contributed by atoms with Crippen LogP contribution in [-0.2, 0) is 17.7 Å². The third kappa shape index (κ3) is 8.03. The molecular formula is C42H45F3IN3O3Si. The molecule has 0 aliphatic carbocycles. The van der Waals surface area contributed by atoms with E-state index in [0.717, 1.165) is 21.5 Å². The van der Waals surface area contributed by atoms with E-state index in [1.165, 1.54) is 4.57 Å². The van der Waals surface area contributed by atoms with Crippen LogP contribution < -0.4 is 10.4 Å². The largest absolute Gasteiger partial charge is 0.440 e. The van der Waals surface area contributed by atoms with E-state index < -0.39 is 37.6 Å². The van der Waals surface area contributed by atoms with Crippen LogP contribution in [0.25, 0.3) is 33.4 Å². The first-order valence-corrected chi connectivity index (χ1v) is 20.7. The zero-order valence-corrected chi connectivity index (χ0v) is 34.0. The Morgan fingerprint density at radius 1 is 0.906 bits per heavy atom. The summed E-state index contributed by atoms with van der Waals surface area (Å²) in [7, 11) is -1.72. The van der Waals surface area contributed by atoms with Crippen molar-refractivity contribution < 1.29 is 27.1 Å². The number of benzene rings is 3. The van der Waals surface area contributed by atoms with E-state index in [9.17, 15) is 18.0 Å². The van der Waals surface area contributed by atoms with Crippen LogP contribution in [0.15, 0.2) is 108 Å². The van der Waals surface area contributed by atoms with E-state index in [4.69, 9.17) is 9.15 Å². The monoisotopic (exact) mass is 851 g/mol. The van der Waals surface area contributed by atoms with Gasteiger partial charge in [0.05, 0.1) is 17.5 Å². The first kappa shape index (κ1) is 38.9. The molecule has 53 heavy (non-hydrogen) atoms.